The maximum Gasteiger partial charge on any atom is 0.268 e. The number of benzene rings is 2. The van der Waals surface area contributed by atoms with E-state index in [-0.39, 0.29) is 17.2 Å². The summed E-state index contributed by atoms with van der Waals surface area (Å²) in [5.41, 5.74) is 2.19. The topological polar surface area (TPSA) is 65.1 Å². The van der Waals surface area contributed by atoms with Gasteiger partial charge in [-0.1, -0.05) is 30.3 Å². The van der Waals surface area contributed by atoms with E-state index in [9.17, 15) is 9.90 Å². The number of aromatic hydroxyl groups is 1. The Morgan fingerprint density at radius 2 is 1.87 bits per heavy atom. The van der Waals surface area contributed by atoms with E-state index >= 15 is 0 Å². The fourth-order valence-corrected chi connectivity index (χ4v) is 3.30. The van der Waals surface area contributed by atoms with Crippen molar-refractivity contribution in [1.82, 2.24) is 10.3 Å². The summed E-state index contributed by atoms with van der Waals surface area (Å²) in [5, 5.41) is 13.7. The molecule has 2 aromatic carbocycles. The molecule has 1 aliphatic carbocycles. The van der Waals surface area contributed by atoms with Gasteiger partial charge in [-0.3, -0.25) is 4.79 Å². The first-order valence-corrected chi connectivity index (χ1v) is 7.86. The summed E-state index contributed by atoms with van der Waals surface area (Å²) in [6, 6.07) is 17.0. The smallest absolute Gasteiger partial charge is 0.268 e. The summed E-state index contributed by atoms with van der Waals surface area (Å²) in [6.07, 6.45) is 3.04. The Morgan fingerprint density at radius 1 is 1.09 bits per heavy atom. The predicted molar refractivity (Wildman–Crippen MR) is 89.4 cm³/mol. The normalized spacial score (nSPS) is 16.0. The van der Waals surface area contributed by atoms with Gasteiger partial charge in [-0.15, -0.1) is 0 Å². The zero-order valence-corrected chi connectivity index (χ0v) is 12.7. The van der Waals surface area contributed by atoms with Crippen LogP contribution in [-0.4, -0.2) is 16.0 Å². The predicted octanol–water partition coefficient (Wildman–Crippen LogP) is 3.68. The Morgan fingerprint density at radius 3 is 2.57 bits per heavy atom. The number of amides is 1. The van der Waals surface area contributed by atoms with Gasteiger partial charge in [0, 0.05) is 17.0 Å². The van der Waals surface area contributed by atoms with Crippen molar-refractivity contribution in [3.05, 3.63) is 65.9 Å². The van der Waals surface area contributed by atoms with Gasteiger partial charge in [-0.25, -0.2) is 0 Å². The van der Waals surface area contributed by atoms with Crippen LogP contribution in [0.15, 0.2) is 54.6 Å². The Balaban J connectivity index is 1.63. The molecule has 0 unspecified atom stereocenters. The molecule has 1 saturated carbocycles. The number of phenols is 1. The maximum absolute atomic E-state index is 12.7. The van der Waals surface area contributed by atoms with Crippen molar-refractivity contribution in [3.8, 4) is 5.75 Å². The number of H-pyrrole nitrogens is 1. The number of phenolic OH excluding ortho intramolecular Hbond substituents is 1. The number of hydrogen-bond donors (Lipinski definition) is 3. The van der Waals surface area contributed by atoms with Gasteiger partial charge in [0.15, 0.2) is 0 Å². The summed E-state index contributed by atoms with van der Waals surface area (Å²) in [4.78, 5) is 15.8. The van der Waals surface area contributed by atoms with Crippen LogP contribution in [0.3, 0.4) is 0 Å². The Bertz CT molecular complexity index is 863. The van der Waals surface area contributed by atoms with Crippen LogP contribution in [0.1, 0.15) is 35.3 Å². The molecular formula is C19H18N2O2. The summed E-state index contributed by atoms with van der Waals surface area (Å²) >= 11 is 0. The van der Waals surface area contributed by atoms with Gasteiger partial charge in [0.05, 0.1) is 5.54 Å². The Labute approximate surface area is 134 Å². The lowest BCUT2D eigenvalue weighted by molar-refractivity contribution is 0.0819. The monoisotopic (exact) mass is 306 g/mol. The van der Waals surface area contributed by atoms with Gasteiger partial charge in [-0.05, 0) is 43.0 Å². The third kappa shape index (κ3) is 2.36. The van der Waals surface area contributed by atoms with E-state index in [1.165, 1.54) is 0 Å². The second-order valence-electron chi connectivity index (χ2n) is 6.21. The van der Waals surface area contributed by atoms with E-state index < -0.39 is 0 Å². The number of aromatic nitrogens is 1. The highest BCUT2D eigenvalue weighted by molar-refractivity contribution is 5.98. The van der Waals surface area contributed by atoms with E-state index in [1.54, 1.807) is 18.2 Å². The number of carbonyl (C=O) groups is 1. The molecule has 116 valence electrons. The summed E-state index contributed by atoms with van der Waals surface area (Å²) in [6.45, 7) is 0. The minimum absolute atomic E-state index is 0.107. The molecule has 1 amide bonds. The van der Waals surface area contributed by atoms with Crippen LogP contribution in [0.4, 0.5) is 0 Å². The Hall–Kier alpha value is -2.75. The SMILES string of the molecule is O=C(NC1(c2ccccc2)CCC1)c1cc2ccc(O)cc2[nH]1. The van der Waals surface area contributed by atoms with Gasteiger partial charge in [0.25, 0.3) is 5.91 Å². The van der Waals surface area contributed by atoms with Gasteiger partial charge < -0.3 is 15.4 Å². The highest BCUT2D eigenvalue weighted by atomic mass is 16.3. The molecule has 4 rings (SSSR count). The molecule has 1 fully saturated rings. The number of carbonyl (C=O) groups excluding carboxylic acids is 1. The van der Waals surface area contributed by atoms with Gasteiger partial charge >= 0.3 is 0 Å². The highest BCUT2D eigenvalue weighted by Crippen LogP contribution is 2.41. The molecule has 0 spiro atoms. The lowest BCUT2D eigenvalue weighted by atomic mass is 9.71. The molecule has 4 nitrogen and oxygen atoms in total. The third-order valence-electron chi connectivity index (χ3n) is 4.74. The number of aromatic amines is 1. The number of fused-ring (bicyclic) bond motifs is 1. The maximum atomic E-state index is 12.7. The number of hydrogen-bond acceptors (Lipinski definition) is 2. The fourth-order valence-electron chi connectivity index (χ4n) is 3.30. The molecule has 3 aromatic rings. The van der Waals surface area contributed by atoms with Crippen LogP contribution in [-0.2, 0) is 5.54 Å². The molecule has 3 N–H and O–H groups in total. The van der Waals surface area contributed by atoms with Crippen molar-refractivity contribution in [3.63, 3.8) is 0 Å². The molecule has 0 aliphatic heterocycles. The van der Waals surface area contributed by atoms with E-state index in [4.69, 9.17) is 0 Å². The van der Waals surface area contributed by atoms with Crippen molar-refractivity contribution in [2.24, 2.45) is 0 Å². The van der Waals surface area contributed by atoms with E-state index in [1.807, 2.05) is 24.3 Å². The van der Waals surface area contributed by atoms with Crippen LogP contribution >= 0.6 is 0 Å². The van der Waals surface area contributed by atoms with Crippen molar-refractivity contribution >= 4 is 16.8 Å². The minimum atomic E-state index is -0.252. The lowest BCUT2D eigenvalue weighted by Gasteiger charge is -2.43. The van der Waals surface area contributed by atoms with Gasteiger partial charge in [0.2, 0.25) is 0 Å². The van der Waals surface area contributed by atoms with Crippen LogP contribution < -0.4 is 5.32 Å². The molecule has 0 radical (unpaired) electrons. The van der Waals surface area contributed by atoms with Crippen LogP contribution in [0.5, 0.6) is 5.75 Å². The van der Waals surface area contributed by atoms with Crippen LogP contribution in [0.2, 0.25) is 0 Å². The molecule has 0 atom stereocenters. The first-order valence-electron chi connectivity index (χ1n) is 7.86. The standard InChI is InChI=1S/C19H18N2O2/c22-15-8-7-13-11-17(20-16(13)12-15)18(23)21-19(9-4-10-19)14-5-2-1-3-6-14/h1-3,5-8,11-12,20,22H,4,9-10H2,(H,21,23). The molecule has 1 heterocycles. The molecule has 0 bridgehead atoms. The van der Waals surface area contributed by atoms with Crippen LogP contribution in [0, 0.1) is 0 Å². The molecule has 4 heteroatoms. The first kappa shape index (κ1) is 13.9. The third-order valence-corrected chi connectivity index (χ3v) is 4.74. The van der Waals surface area contributed by atoms with Crippen molar-refractivity contribution in [2.45, 2.75) is 24.8 Å². The van der Waals surface area contributed by atoms with Gasteiger partial charge in [-0.2, -0.15) is 0 Å². The lowest BCUT2D eigenvalue weighted by Crippen LogP contribution is -2.50. The van der Waals surface area contributed by atoms with Crippen LogP contribution in [0.25, 0.3) is 10.9 Å². The number of rotatable bonds is 3. The second kappa shape index (κ2) is 5.16. The zero-order chi connectivity index (χ0) is 15.9. The summed E-state index contributed by atoms with van der Waals surface area (Å²) in [7, 11) is 0. The average molecular weight is 306 g/mol. The van der Waals surface area contributed by atoms with E-state index in [2.05, 4.69) is 22.4 Å². The van der Waals surface area contributed by atoms with Gasteiger partial charge in [0.1, 0.15) is 11.4 Å². The zero-order valence-electron chi connectivity index (χ0n) is 12.7. The molecular weight excluding hydrogens is 288 g/mol. The molecule has 23 heavy (non-hydrogen) atoms. The van der Waals surface area contributed by atoms with E-state index in [0.29, 0.717) is 5.69 Å². The van der Waals surface area contributed by atoms with Crippen molar-refractivity contribution < 1.29 is 9.90 Å². The second-order valence-corrected chi connectivity index (χ2v) is 6.21. The van der Waals surface area contributed by atoms with Crippen molar-refractivity contribution in [1.29, 1.82) is 0 Å². The summed E-state index contributed by atoms with van der Waals surface area (Å²) in [5.74, 6) is 0.0790. The Kier molecular flexibility index (Phi) is 3.11. The molecule has 0 saturated heterocycles. The fraction of sp³-hybridized carbons (Fsp3) is 0.211. The van der Waals surface area contributed by atoms with E-state index in [0.717, 1.165) is 35.7 Å². The number of nitrogens with one attached hydrogen (secondary N) is 2. The van der Waals surface area contributed by atoms with Crippen molar-refractivity contribution in [2.75, 3.05) is 0 Å². The molecule has 1 aromatic heterocycles. The highest BCUT2D eigenvalue weighted by Gasteiger charge is 2.40. The quantitative estimate of drug-likeness (QED) is 0.691. The minimum Gasteiger partial charge on any atom is -0.508 e. The largest absolute Gasteiger partial charge is 0.508 e. The average Bonchev–Trinajstić information content (AvgIpc) is 2.94. The molecule has 1 aliphatic rings. The summed E-state index contributed by atoms with van der Waals surface area (Å²) < 4.78 is 0. The first-order chi connectivity index (χ1) is 11.2.